The molecule has 4 nitrogen and oxygen atoms in total. The van der Waals surface area contributed by atoms with Crippen LogP contribution in [0.3, 0.4) is 0 Å². The van der Waals surface area contributed by atoms with Crippen molar-refractivity contribution in [2.45, 2.75) is 39.2 Å². The van der Waals surface area contributed by atoms with Gasteiger partial charge in [-0.3, -0.25) is 4.99 Å². The van der Waals surface area contributed by atoms with Crippen LogP contribution >= 0.6 is 57.3 Å². The molecule has 1 aromatic carbocycles. The Morgan fingerprint density at radius 1 is 1.23 bits per heavy atom. The van der Waals surface area contributed by atoms with Crippen molar-refractivity contribution in [1.29, 1.82) is 0 Å². The van der Waals surface area contributed by atoms with Crippen molar-refractivity contribution in [3.8, 4) is 0 Å². The number of aromatic amines is 1. The minimum absolute atomic E-state index is 0. The summed E-state index contributed by atoms with van der Waals surface area (Å²) in [5.74, 6) is 1.04. The maximum absolute atomic E-state index is 5.93. The zero-order chi connectivity index (χ0) is 17.0. The quantitative estimate of drug-likeness (QED) is 0.246. The number of aryl methyl sites for hydroxylation is 1. The highest BCUT2D eigenvalue weighted by Crippen LogP contribution is 2.12. The van der Waals surface area contributed by atoms with E-state index in [1.54, 1.807) is 18.1 Å². The third-order valence-electron chi connectivity index (χ3n) is 3.51. The second-order valence-corrected chi connectivity index (χ2v) is 7.08. The van der Waals surface area contributed by atoms with Crippen LogP contribution in [-0.2, 0) is 13.0 Å². The fourth-order valence-electron chi connectivity index (χ4n) is 2.13. The molecule has 0 atom stereocenters. The summed E-state index contributed by atoms with van der Waals surface area (Å²) < 4.78 is 0. The minimum atomic E-state index is 0. The molecule has 0 aliphatic heterocycles. The second kappa shape index (κ2) is 15.5. The number of unbranched alkanes of at least 4 members (excludes halogenated alkanes) is 1. The lowest BCUT2D eigenvalue weighted by Gasteiger charge is -2.09. The molecular formula is C18H27Br2ClN4S. The van der Waals surface area contributed by atoms with Crippen LogP contribution in [-0.4, -0.2) is 27.4 Å². The number of amidine groups is 1. The van der Waals surface area contributed by atoms with Crippen LogP contribution < -0.4 is 5.32 Å². The van der Waals surface area contributed by atoms with Gasteiger partial charge in [0.25, 0.3) is 0 Å². The maximum Gasteiger partial charge on any atom is 0.156 e. The van der Waals surface area contributed by atoms with Gasteiger partial charge in [0.2, 0.25) is 0 Å². The van der Waals surface area contributed by atoms with E-state index in [0.717, 1.165) is 41.8 Å². The first kappa shape index (κ1) is 25.5. The first-order valence-corrected chi connectivity index (χ1v) is 9.77. The molecule has 0 fully saturated rings. The smallest absolute Gasteiger partial charge is 0.156 e. The Labute approximate surface area is 186 Å². The molecule has 0 spiro atoms. The highest BCUT2D eigenvalue weighted by Gasteiger charge is 2.02. The molecule has 0 unspecified atom stereocenters. The molecule has 26 heavy (non-hydrogen) atoms. The van der Waals surface area contributed by atoms with Gasteiger partial charge in [-0.15, -0.1) is 34.0 Å². The van der Waals surface area contributed by atoms with Crippen LogP contribution in [0.1, 0.15) is 37.4 Å². The molecule has 2 rings (SSSR count). The summed E-state index contributed by atoms with van der Waals surface area (Å²) in [4.78, 5) is 11.9. The Morgan fingerprint density at radius 3 is 2.65 bits per heavy atom. The monoisotopic (exact) mass is 524 g/mol. The molecule has 0 aliphatic carbocycles. The largest absolute Gasteiger partial charge is 0.365 e. The fraction of sp³-hybridized carbons (Fsp3) is 0.444. The number of benzene rings is 1. The third-order valence-corrected chi connectivity index (χ3v) is 4.80. The van der Waals surface area contributed by atoms with Gasteiger partial charge < -0.3 is 10.3 Å². The molecule has 0 saturated carbocycles. The average molecular weight is 527 g/mol. The van der Waals surface area contributed by atoms with Crippen LogP contribution in [0.25, 0.3) is 0 Å². The SMILES string of the molecule is Br.Br.CCCCNC(=NCc1ccc(Cl)cc1)SCCCc1cnc[nH]1. The van der Waals surface area contributed by atoms with Crippen molar-refractivity contribution < 1.29 is 0 Å². The molecule has 1 aromatic heterocycles. The number of aromatic nitrogens is 2. The van der Waals surface area contributed by atoms with Gasteiger partial charge in [0.15, 0.2) is 5.17 Å². The summed E-state index contributed by atoms with van der Waals surface area (Å²) in [6.45, 7) is 3.85. The Morgan fingerprint density at radius 2 is 2.00 bits per heavy atom. The number of nitrogens with zero attached hydrogens (tertiary/aromatic N) is 2. The molecule has 2 aromatic rings. The molecule has 2 N–H and O–H groups in total. The van der Waals surface area contributed by atoms with Crippen LogP contribution in [0.15, 0.2) is 41.8 Å². The van der Waals surface area contributed by atoms with Gasteiger partial charge in [-0.25, -0.2) is 4.98 Å². The highest BCUT2D eigenvalue weighted by atomic mass is 79.9. The standard InChI is InChI=1S/C18H25ClN4S.2BrH/c1-2-3-10-21-18(22-12-15-6-8-16(19)9-7-15)24-11-4-5-17-13-20-14-23-17;;/h6-9,13-14H,2-5,10-12H2,1H3,(H,20,23)(H,21,22);2*1H. The van der Waals surface area contributed by atoms with E-state index in [1.165, 1.54) is 17.7 Å². The van der Waals surface area contributed by atoms with E-state index in [-0.39, 0.29) is 34.0 Å². The zero-order valence-corrected chi connectivity index (χ0v) is 19.9. The maximum atomic E-state index is 5.93. The third kappa shape index (κ3) is 10.6. The molecule has 0 saturated heterocycles. The Bertz CT molecular complexity index is 606. The molecule has 0 aliphatic rings. The molecule has 146 valence electrons. The van der Waals surface area contributed by atoms with Crippen molar-refractivity contribution in [2.75, 3.05) is 12.3 Å². The Kier molecular flexibility index (Phi) is 15.2. The molecular weight excluding hydrogens is 500 g/mol. The molecule has 8 heteroatoms. The van der Waals surface area contributed by atoms with Crippen molar-refractivity contribution in [3.05, 3.63) is 53.1 Å². The number of nitrogens with one attached hydrogen (secondary N) is 2. The van der Waals surface area contributed by atoms with Crippen molar-refractivity contribution in [2.24, 2.45) is 4.99 Å². The predicted molar refractivity (Wildman–Crippen MR) is 126 cm³/mol. The number of hydrogen-bond acceptors (Lipinski definition) is 3. The van der Waals surface area contributed by atoms with E-state index in [9.17, 15) is 0 Å². The summed E-state index contributed by atoms with van der Waals surface area (Å²) >= 11 is 7.72. The number of hydrogen-bond donors (Lipinski definition) is 2. The molecule has 0 amide bonds. The number of aliphatic imine (C=N–C) groups is 1. The number of rotatable bonds is 9. The van der Waals surface area contributed by atoms with Crippen LogP contribution in [0, 0.1) is 0 Å². The van der Waals surface area contributed by atoms with Gasteiger partial charge >= 0.3 is 0 Å². The lowest BCUT2D eigenvalue weighted by Crippen LogP contribution is -2.22. The summed E-state index contributed by atoms with van der Waals surface area (Å²) in [7, 11) is 0. The Balaban J connectivity index is 0.00000312. The summed E-state index contributed by atoms with van der Waals surface area (Å²) in [5, 5.41) is 5.25. The zero-order valence-electron chi connectivity index (χ0n) is 14.9. The molecule has 0 bridgehead atoms. The van der Waals surface area contributed by atoms with Crippen molar-refractivity contribution in [3.63, 3.8) is 0 Å². The van der Waals surface area contributed by atoms with Crippen molar-refractivity contribution in [1.82, 2.24) is 15.3 Å². The van der Waals surface area contributed by atoms with E-state index >= 15 is 0 Å². The van der Waals surface area contributed by atoms with Crippen LogP contribution in [0.2, 0.25) is 5.02 Å². The van der Waals surface area contributed by atoms with E-state index in [4.69, 9.17) is 16.6 Å². The van der Waals surface area contributed by atoms with E-state index in [1.807, 2.05) is 30.5 Å². The lowest BCUT2D eigenvalue weighted by atomic mass is 10.2. The number of H-pyrrole nitrogens is 1. The van der Waals surface area contributed by atoms with E-state index in [0.29, 0.717) is 6.54 Å². The topological polar surface area (TPSA) is 53.1 Å². The number of imidazole rings is 1. The molecule has 1 heterocycles. The fourth-order valence-corrected chi connectivity index (χ4v) is 3.10. The van der Waals surface area contributed by atoms with Crippen LogP contribution in [0.4, 0.5) is 0 Å². The first-order valence-electron chi connectivity index (χ1n) is 8.40. The van der Waals surface area contributed by atoms with E-state index < -0.39 is 0 Å². The summed E-state index contributed by atoms with van der Waals surface area (Å²) in [5.41, 5.74) is 2.36. The molecule has 0 radical (unpaired) electrons. The summed E-state index contributed by atoms with van der Waals surface area (Å²) in [6, 6.07) is 7.87. The van der Waals surface area contributed by atoms with Gasteiger partial charge in [-0.1, -0.05) is 48.8 Å². The second-order valence-electron chi connectivity index (χ2n) is 5.56. The number of thioether (sulfide) groups is 1. The minimum Gasteiger partial charge on any atom is -0.365 e. The van der Waals surface area contributed by atoms with Crippen molar-refractivity contribution >= 4 is 62.5 Å². The van der Waals surface area contributed by atoms with Gasteiger partial charge in [0.1, 0.15) is 0 Å². The van der Waals surface area contributed by atoms with Gasteiger partial charge in [-0.2, -0.15) is 0 Å². The Hall–Kier alpha value is -0.500. The van der Waals surface area contributed by atoms with E-state index in [2.05, 4.69) is 22.2 Å². The average Bonchev–Trinajstić information content (AvgIpc) is 3.11. The normalized spacial score (nSPS) is 10.8. The predicted octanol–water partition coefficient (Wildman–Crippen LogP) is 5.83. The van der Waals surface area contributed by atoms with Crippen LogP contribution in [0.5, 0.6) is 0 Å². The number of halogens is 3. The summed E-state index contributed by atoms with van der Waals surface area (Å²) in [6.07, 6.45) is 8.08. The van der Waals surface area contributed by atoms with Gasteiger partial charge in [0, 0.05) is 29.2 Å². The highest BCUT2D eigenvalue weighted by molar-refractivity contribution is 8.93. The first-order chi connectivity index (χ1) is 11.8. The van der Waals surface area contributed by atoms with Gasteiger partial charge in [0.05, 0.1) is 12.9 Å². The lowest BCUT2D eigenvalue weighted by molar-refractivity contribution is 0.756. The van der Waals surface area contributed by atoms with Gasteiger partial charge in [-0.05, 0) is 37.0 Å².